The summed E-state index contributed by atoms with van der Waals surface area (Å²) in [7, 11) is 0. The molecule has 1 nitrogen and oxygen atoms in total. The predicted octanol–water partition coefficient (Wildman–Crippen LogP) is 10.3. The molecule has 0 aliphatic carbocycles. The van der Waals surface area contributed by atoms with Gasteiger partial charge in [0.2, 0.25) is 0 Å². The van der Waals surface area contributed by atoms with Gasteiger partial charge in [0.25, 0.3) is 0 Å². The molecule has 1 heterocycles. The van der Waals surface area contributed by atoms with Crippen molar-refractivity contribution in [1.29, 1.82) is 0 Å². The molecule has 7 aromatic rings. The van der Waals surface area contributed by atoms with Crippen LogP contribution in [0.1, 0.15) is 0 Å². The smallest absolute Gasteiger partial charge is 0.136 e. The number of benzene rings is 7. The highest BCUT2D eigenvalue weighted by Gasteiger charge is 2.22. The fourth-order valence-corrected chi connectivity index (χ4v) is 6.09. The number of para-hydroxylation sites is 1. The van der Waals surface area contributed by atoms with E-state index in [-0.39, 0.29) is 0 Å². The van der Waals surface area contributed by atoms with Crippen LogP contribution in [-0.4, -0.2) is 0 Å². The van der Waals surface area contributed by atoms with E-state index < -0.39 is 0 Å². The van der Waals surface area contributed by atoms with Gasteiger partial charge in [-0.1, -0.05) is 115 Å². The quantitative estimate of drug-likeness (QED) is 0.228. The Balaban J connectivity index is 1.49. The van der Waals surface area contributed by atoms with E-state index in [1.165, 1.54) is 60.1 Å². The SMILES string of the molecule is c1ccc(-c2c3ccccc3c(-c3cc4c5c(cccc5c3)-c3ccccc3O4)c3ccccc23)cc1. The molecule has 1 aliphatic heterocycles. The zero-order chi connectivity index (χ0) is 24.3. The lowest BCUT2D eigenvalue weighted by molar-refractivity contribution is 0.487. The van der Waals surface area contributed by atoms with Crippen LogP contribution in [0.25, 0.3) is 65.7 Å². The first-order valence-electron chi connectivity index (χ1n) is 12.7. The Labute approximate surface area is 215 Å². The first-order valence-corrected chi connectivity index (χ1v) is 12.7. The van der Waals surface area contributed by atoms with E-state index in [0.717, 1.165) is 17.1 Å². The Morgan fingerprint density at radius 1 is 0.378 bits per heavy atom. The Hall–Kier alpha value is -4.88. The first-order chi connectivity index (χ1) is 18.4. The van der Waals surface area contributed by atoms with E-state index in [4.69, 9.17) is 4.74 Å². The lowest BCUT2D eigenvalue weighted by Crippen LogP contribution is -1.98. The molecule has 0 amide bonds. The van der Waals surface area contributed by atoms with Crippen LogP contribution < -0.4 is 4.74 Å². The lowest BCUT2D eigenvalue weighted by Gasteiger charge is -2.23. The maximum absolute atomic E-state index is 6.53. The van der Waals surface area contributed by atoms with Crippen molar-refractivity contribution in [1.82, 2.24) is 0 Å². The maximum atomic E-state index is 6.53. The van der Waals surface area contributed by atoms with E-state index in [0.29, 0.717) is 0 Å². The van der Waals surface area contributed by atoms with Crippen LogP contribution in [0.2, 0.25) is 0 Å². The van der Waals surface area contributed by atoms with Crippen LogP contribution in [0.15, 0.2) is 133 Å². The molecule has 1 aliphatic rings. The third-order valence-corrected chi connectivity index (χ3v) is 7.62. The van der Waals surface area contributed by atoms with Gasteiger partial charge in [-0.2, -0.15) is 0 Å². The molecule has 172 valence electrons. The highest BCUT2D eigenvalue weighted by molar-refractivity contribution is 6.22. The van der Waals surface area contributed by atoms with Crippen LogP contribution in [0, 0.1) is 0 Å². The van der Waals surface area contributed by atoms with Gasteiger partial charge in [0.1, 0.15) is 11.5 Å². The lowest BCUT2D eigenvalue weighted by atomic mass is 9.85. The van der Waals surface area contributed by atoms with E-state index in [2.05, 4.69) is 127 Å². The number of fused-ring (bicyclic) bond motifs is 4. The second kappa shape index (κ2) is 7.81. The molecule has 7 aromatic carbocycles. The fraction of sp³-hybridized carbons (Fsp3) is 0. The summed E-state index contributed by atoms with van der Waals surface area (Å²) < 4.78 is 6.53. The summed E-state index contributed by atoms with van der Waals surface area (Å²) in [5.41, 5.74) is 7.32. The molecule has 0 atom stereocenters. The van der Waals surface area contributed by atoms with Gasteiger partial charge in [-0.15, -0.1) is 0 Å². The normalized spacial score (nSPS) is 12.0. The standard InChI is InChI=1S/C36H22O/c1-2-11-23(12-3-1)34-28-15-4-6-17-30(28)35(31-18-7-5-16-29(31)34)25-21-24-13-10-19-27-26-14-8-9-20-32(26)37-33(22-25)36(24)27/h1-22H. The van der Waals surface area contributed by atoms with E-state index >= 15 is 0 Å². The predicted molar refractivity (Wildman–Crippen MR) is 155 cm³/mol. The molecule has 0 saturated carbocycles. The maximum Gasteiger partial charge on any atom is 0.136 e. The minimum Gasteiger partial charge on any atom is -0.456 e. The summed E-state index contributed by atoms with van der Waals surface area (Å²) in [6, 6.07) is 47.8. The van der Waals surface area contributed by atoms with Crippen molar-refractivity contribution in [3.8, 4) is 44.9 Å². The molecule has 0 bridgehead atoms. The minimum atomic E-state index is 0.911. The average Bonchev–Trinajstić information content (AvgIpc) is 2.96. The summed E-state index contributed by atoms with van der Waals surface area (Å²) in [5.74, 6) is 1.83. The van der Waals surface area contributed by atoms with Crippen molar-refractivity contribution >= 4 is 32.3 Å². The van der Waals surface area contributed by atoms with Crippen molar-refractivity contribution in [2.24, 2.45) is 0 Å². The summed E-state index contributed by atoms with van der Waals surface area (Å²) >= 11 is 0. The van der Waals surface area contributed by atoms with Gasteiger partial charge in [-0.25, -0.2) is 0 Å². The Kier molecular flexibility index (Phi) is 4.29. The second-order valence-corrected chi connectivity index (χ2v) is 9.68. The summed E-state index contributed by atoms with van der Waals surface area (Å²) in [4.78, 5) is 0. The molecule has 37 heavy (non-hydrogen) atoms. The second-order valence-electron chi connectivity index (χ2n) is 9.68. The number of hydrogen-bond acceptors (Lipinski definition) is 1. The third-order valence-electron chi connectivity index (χ3n) is 7.62. The van der Waals surface area contributed by atoms with Crippen molar-refractivity contribution in [3.05, 3.63) is 133 Å². The topological polar surface area (TPSA) is 9.23 Å². The van der Waals surface area contributed by atoms with E-state index in [1.54, 1.807) is 0 Å². The molecule has 0 spiro atoms. The van der Waals surface area contributed by atoms with Crippen LogP contribution in [0.3, 0.4) is 0 Å². The van der Waals surface area contributed by atoms with Crippen molar-refractivity contribution in [3.63, 3.8) is 0 Å². The molecule has 0 unspecified atom stereocenters. The highest BCUT2D eigenvalue weighted by atomic mass is 16.5. The van der Waals surface area contributed by atoms with Gasteiger partial charge in [0, 0.05) is 10.9 Å². The van der Waals surface area contributed by atoms with E-state index in [9.17, 15) is 0 Å². The van der Waals surface area contributed by atoms with Gasteiger partial charge in [0.05, 0.1) is 0 Å². The highest BCUT2D eigenvalue weighted by Crippen LogP contribution is 2.50. The van der Waals surface area contributed by atoms with Crippen molar-refractivity contribution in [2.75, 3.05) is 0 Å². The van der Waals surface area contributed by atoms with Crippen LogP contribution in [0.5, 0.6) is 11.5 Å². The molecule has 8 rings (SSSR count). The van der Waals surface area contributed by atoms with E-state index in [1.807, 2.05) is 6.07 Å². The molecule has 1 heteroatoms. The largest absolute Gasteiger partial charge is 0.456 e. The van der Waals surface area contributed by atoms with Crippen LogP contribution in [0.4, 0.5) is 0 Å². The fourth-order valence-electron chi connectivity index (χ4n) is 6.09. The minimum absolute atomic E-state index is 0.911. The van der Waals surface area contributed by atoms with Gasteiger partial charge >= 0.3 is 0 Å². The molecule has 0 fully saturated rings. The van der Waals surface area contributed by atoms with Gasteiger partial charge in [0.15, 0.2) is 0 Å². The molecular formula is C36H22O. The average molecular weight is 471 g/mol. The van der Waals surface area contributed by atoms with Crippen molar-refractivity contribution in [2.45, 2.75) is 0 Å². The Bertz CT molecular complexity index is 1940. The molecule has 0 aromatic heterocycles. The van der Waals surface area contributed by atoms with Gasteiger partial charge < -0.3 is 4.74 Å². The summed E-state index contributed by atoms with van der Waals surface area (Å²) in [5, 5.41) is 7.39. The monoisotopic (exact) mass is 470 g/mol. The molecule has 0 N–H and O–H groups in total. The summed E-state index contributed by atoms with van der Waals surface area (Å²) in [6.45, 7) is 0. The number of rotatable bonds is 2. The zero-order valence-electron chi connectivity index (χ0n) is 20.1. The van der Waals surface area contributed by atoms with Gasteiger partial charge in [-0.05, 0) is 72.9 Å². The molecule has 0 saturated heterocycles. The first kappa shape index (κ1) is 20.3. The molecule has 0 radical (unpaired) electrons. The molecular weight excluding hydrogens is 448 g/mol. The van der Waals surface area contributed by atoms with Crippen LogP contribution >= 0.6 is 0 Å². The zero-order valence-corrected chi connectivity index (χ0v) is 20.1. The third kappa shape index (κ3) is 2.98. The number of hydrogen-bond donors (Lipinski definition) is 0. The van der Waals surface area contributed by atoms with Gasteiger partial charge in [-0.3, -0.25) is 0 Å². The number of ether oxygens (including phenoxy) is 1. The van der Waals surface area contributed by atoms with Crippen LogP contribution in [-0.2, 0) is 0 Å². The Morgan fingerprint density at radius 3 is 1.65 bits per heavy atom. The Morgan fingerprint density at radius 2 is 0.946 bits per heavy atom. The van der Waals surface area contributed by atoms with Crippen molar-refractivity contribution < 1.29 is 4.74 Å². The summed E-state index contributed by atoms with van der Waals surface area (Å²) in [6.07, 6.45) is 0.